The lowest BCUT2D eigenvalue weighted by Gasteiger charge is -2.08. The average molecular weight is 259 g/mol. The highest BCUT2D eigenvalue weighted by Gasteiger charge is 1.97. The van der Waals surface area contributed by atoms with Crippen LogP contribution in [0.1, 0.15) is 25.8 Å². The number of rotatable bonds is 8. The Balaban J connectivity index is 1.62. The molecule has 0 radical (unpaired) electrons. The lowest BCUT2D eigenvalue weighted by molar-refractivity contribution is 0.530. The summed E-state index contributed by atoms with van der Waals surface area (Å²) < 4.78 is 0. The summed E-state index contributed by atoms with van der Waals surface area (Å²) >= 11 is 0. The summed E-state index contributed by atoms with van der Waals surface area (Å²) in [5.74, 6) is 0.737. The Labute approximate surface area is 115 Å². The zero-order valence-electron chi connectivity index (χ0n) is 12.0. The zero-order chi connectivity index (χ0) is 13.5. The lowest BCUT2D eigenvalue weighted by atomic mass is 10.1. The fraction of sp³-hybridized carbons (Fsp3) is 0.500. The van der Waals surface area contributed by atoms with Gasteiger partial charge in [0.1, 0.15) is 0 Å². The molecule has 19 heavy (non-hydrogen) atoms. The van der Waals surface area contributed by atoms with Crippen LogP contribution in [-0.2, 0) is 6.54 Å². The Hall–Kier alpha value is -1.32. The van der Waals surface area contributed by atoms with Gasteiger partial charge in [0.15, 0.2) is 0 Å². The van der Waals surface area contributed by atoms with Crippen LogP contribution in [0.15, 0.2) is 30.5 Å². The van der Waals surface area contributed by atoms with Crippen molar-refractivity contribution in [3.05, 3.63) is 36.0 Å². The van der Waals surface area contributed by atoms with Crippen molar-refractivity contribution in [1.29, 1.82) is 0 Å². The molecule has 0 amide bonds. The Bertz CT molecular complexity index is 487. The van der Waals surface area contributed by atoms with Crippen LogP contribution in [0, 0.1) is 5.92 Å². The number of fused-ring (bicyclic) bond motifs is 1. The summed E-state index contributed by atoms with van der Waals surface area (Å²) in [5.41, 5.74) is 2.56. The fourth-order valence-corrected chi connectivity index (χ4v) is 2.17. The van der Waals surface area contributed by atoms with Crippen LogP contribution in [0.2, 0.25) is 0 Å². The molecule has 2 rings (SSSR count). The molecule has 3 heteroatoms. The molecular formula is C16H25N3. The highest BCUT2D eigenvalue weighted by atomic mass is 14.9. The van der Waals surface area contributed by atoms with Gasteiger partial charge in [0.2, 0.25) is 0 Å². The third-order valence-corrected chi connectivity index (χ3v) is 3.21. The summed E-state index contributed by atoms with van der Waals surface area (Å²) in [7, 11) is 0. The Morgan fingerprint density at radius 3 is 2.79 bits per heavy atom. The van der Waals surface area contributed by atoms with E-state index in [1.807, 2.05) is 6.20 Å². The van der Waals surface area contributed by atoms with Gasteiger partial charge in [-0.1, -0.05) is 19.9 Å². The van der Waals surface area contributed by atoms with Gasteiger partial charge < -0.3 is 15.6 Å². The van der Waals surface area contributed by atoms with Crippen LogP contribution < -0.4 is 10.6 Å². The van der Waals surface area contributed by atoms with Crippen LogP contribution in [0.3, 0.4) is 0 Å². The molecule has 1 aromatic heterocycles. The number of hydrogen-bond donors (Lipinski definition) is 3. The fourth-order valence-electron chi connectivity index (χ4n) is 2.17. The number of H-pyrrole nitrogens is 1. The largest absolute Gasteiger partial charge is 0.361 e. The average Bonchev–Trinajstić information content (AvgIpc) is 2.84. The van der Waals surface area contributed by atoms with Crippen LogP contribution in [0.4, 0.5) is 0 Å². The minimum Gasteiger partial charge on any atom is -0.361 e. The summed E-state index contributed by atoms with van der Waals surface area (Å²) in [5, 5.41) is 8.25. The van der Waals surface area contributed by atoms with E-state index in [1.54, 1.807) is 0 Å². The van der Waals surface area contributed by atoms with Crippen molar-refractivity contribution < 1.29 is 0 Å². The van der Waals surface area contributed by atoms with E-state index in [9.17, 15) is 0 Å². The van der Waals surface area contributed by atoms with Gasteiger partial charge in [0.25, 0.3) is 0 Å². The maximum atomic E-state index is 3.50. The van der Waals surface area contributed by atoms with Crippen molar-refractivity contribution in [2.45, 2.75) is 26.8 Å². The van der Waals surface area contributed by atoms with E-state index in [1.165, 1.54) is 22.9 Å². The van der Waals surface area contributed by atoms with Crippen LogP contribution >= 0.6 is 0 Å². The van der Waals surface area contributed by atoms with Gasteiger partial charge >= 0.3 is 0 Å². The van der Waals surface area contributed by atoms with E-state index in [0.29, 0.717) is 0 Å². The molecule has 0 aliphatic rings. The molecule has 3 nitrogen and oxygen atoms in total. The molecule has 0 saturated heterocycles. The summed E-state index contributed by atoms with van der Waals surface area (Å²) in [6.07, 6.45) is 3.17. The number of aromatic nitrogens is 1. The van der Waals surface area contributed by atoms with Crippen LogP contribution in [-0.4, -0.2) is 24.6 Å². The molecule has 0 atom stereocenters. The van der Waals surface area contributed by atoms with Crippen molar-refractivity contribution in [3.63, 3.8) is 0 Å². The molecule has 2 aromatic rings. The maximum Gasteiger partial charge on any atom is 0.0454 e. The van der Waals surface area contributed by atoms with E-state index < -0.39 is 0 Å². The molecule has 104 valence electrons. The molecule has 0 saturated carbocycles. The van der Waals surface area contributed by atoms with E-state index in [-0.39, 0.29) is 0 Å². The number of nitrogens with one attached hydrogen (secondary N) is 3. The molecule has 0 aliphatic carbocycles. The second-order valence-electron chi connectivity index (χ2n) is 5.53. The SMILES string of the molecule is CC(C)CNCCCNCc1ccc2[nH]ccc2c1. The molecule has 0 bridgehead atoms. The topological polar surface area (TPSA) is 39.8 Å². The number of hydrogen-bond acceptors (Lipinski definition) is 2. The highest BCUT2D eigenvalue weighted by Crippen LogP contribution is 2.13. The minimum absolute atomic E-state index is 0.737. The maximum absolute atomic E-state index is 3.50. The first-order valence-corrected chi connectivity index (χ1v) is 7.23. The normalized spacial score (nSPS) is 11.5. The minimum atomic E-state index is 0.737. The predicted molar refractivity (Wildman–Crippen MR) is 82.3 cm³/mol. The van der Waals surface area contributed by atoms with Gasteiger partial charge in [-0.3, -0.25) is 0 Å². The standard InChI is InChI=1S/C16H25N3/c1-13(2)11-17-7-3-8-18-12-14-4-5-16-15(10-14)6-9-19-16/h4-6,9-10,13,17-19H,3,7-8,11-12H2,1-2H3. The molecular weight excluding hydrogens is 234 g/mol. The first-order chi connectivity index (χ1) is 9.25. The van der Waals surface area contributed by atoms with Crippen LogP contribution in [0.25, 0.3) is 10.9 Å². The summed E-state index contributed by atoms with van der Waals surface area (Å²) in [4.78, 5) is 3.22. The number of benzene rings is 1. The molecule has 1 aromatic carbocycles. The molecule has 3 N–H and O–H groups in total. The van der Waals surface area contributed by atoms with Crippen LogP contribution in [0.5, 0.6) is 0 Å². The van der Waals surface area contributed by atoms with Crippen molar-refractivity contribution in [3.8, 4) is 0 Å². The van der Waals surface area contributed by atoms with Crippen molar-refractivity contribution in [2.75, 3.05) is 19.6 Å². The summed E-state index contributed by atoms with van der Waals surface area (Å²) in [6, 6.07) is 8.70. The Morgan fingerprint density at radius 2 is 1.95 bits per heavy atom. The number of aromatic amines is 1. The lowest BCUT2D eigenvalue weighted by Crippen LogP contribution is -2.24. The third kappa shape index (κ3) is 4.69. The van der Waals surface area contributed by atoms with Crippen molar-refractivity contribution in [1.82, 2.24) is 15.6 Å². The van der Waals surface area contributed by atoms with Gasteiger partial charge in [-0.2, -0.15) is 0 Å². The summed E-state index contributed by atoms with van der Waals surface area (Å²) in [6.45, 7) is 8.71. The first kappa shape index (κ1) is 14.1. The molecule has 0 spiro atoms. The second kappa shape index (κ2) is 7.31. The van der Waals surface area contributed by atoms with E-state index in [4.69, 9.17) is 0 Å². The molecule has 0 aliphatic heterocycles. The molecule has 0 fully saturated rings. The van der Waals surface area contributed by atoms with E-state index in [2.05, 4.69) is 53.7 Å². The quantitative estimate of drug-likeness (QED) is 0.638. The van der Waals surface area contributed by atoms with Crippen molar-refractivity contribution >= 4 is 10.9 Å². The predicted octanol–water partition coefficient (Wildman–Crippen LogP) is 2.89. The highest BCUT2D eigenvalue weighted by molar-refractivity contribution is 5.79. The van der Waals surface area contributed by atoms with Crippen molar-refractivity contribution in [2.24, 2.45) is 5.92 Å². The monoisotopic (exact) mass is 259 g/mol. The van der Waals surface area contributed by atoms with Gasteiger partial charge in [0.05, 0.1) is 0 Å². The van der Waals surface area contributed by atoms with Gasteiger partial charge in [-0.15, -0.1) is 0 Å². The van der Waals surface area contributed by atoms with E-state index >= 15 is 0 Å². The molecule has 1 heterocycles. The first-order valence-electron chi connectivity index (χ1n) is 7.23. The van der Waals surface area contributed by atoms with E-state index in [0.717, 1.165) is 32.1 Å². The molecule has 0 unspecified atom stereocenters. The smallest absolute Gasteiger partial charge is 0.0454 e. The van der Waals surface area contributed by atoms with Gasteiger partial charge in [-0.25, -0.2) is 0 Å². The Morgan fingerprint density at radius 1 is 1.11 bits per heavy atom. The second-order valence-corrected chi connectivity index (χ2v) is 5.53. The Kier molecular flexibility index (Phi) is 5.43. The van der Waals surface area contributed by atoms with Gasteiger partial charge in [0, 0.05) is 18.3 Å². The van der Waals surface area contributed by atoms with Gasteiger partial charge in [-0.05, 0) is 61.1 Å². The third-order valence-electron chi connectivity index (χ3n) is 3.21. The zero-order valence-corrected chi connectivity index (χ0v) is 12.0.